The number of aromatic amines is 1. The summed E-state index contributed by atoms with van der Waals surface area (Å²) in [5, 5.41) is 9.08. The van der Waals surface area contributed by atoms with Gasteiger partial charge in [0, 0.05) is 92.6 Å². The van der Waals surface area contributed by atoms with Gasteiger partial charge < -0.3 is 19.9 Å². The molecule has 0 bridgehead atoms. The lowest BCUT2D eigenvalue weighted by molar-refractivity contribution is -0.117. The molecule has 5 aromatic rings. The summed E-state index contributed by atoms with van der Waals surface area (Å²) in [6.07, 6.45) is 3.97. The topological polar surface area (TPSA) is 94.5 Å². The third-order valence-electron chi connectivity index (χ3n) is 9.09. The lowest BCUT2D eigenvalue weighted by Crippen LogP contribution is -2.47. The number of amides is 1. The molecule has 0 unspecified atom stereocenters. The molecule has 10 nitrogen and oxygen atoms in total. The summed E-state index contributed by atoms with van der Waals surface area (Å²) in [7, 11) is 2.12. The first kappa shape index (κ1) is 30.3. The van der Waals surface area contributed by atoms with Crippen LogP contribution in [0.1, 0.15) is 12.5 Å². The number of nitrogens with zero attached hydrogens (tertiary/aromatic N) is 6. The number of hydrogen-bond donors (Lipinski definition) is 2. The van der Waals surface area contributed by atoms with Crippen LogP contribution in [0.3, 0.4) is 0 Å². The van der Waals surface area contributed by atoms with Gasteiger partial charge in [-0.25, -0.2) is 4.98 Å². The summed E-state index contributed by atoms with van der Waals surface area (Å²) < 4.78 is 7.47. The van der Waals surface area contributed by atoms with E-state index in [1.165, 1.54) is 5.56 Å². The van der Waals surface area contributed by atoms with Gasteiger partial charge in [-0.05, 0) is 54.9 Å². The predicted octanol–water partition coefficient (Wildman–Crippen LogP) is 4.80. The van der Waals surface area contributed by atoms with E-state index in [2.05, 4.69) is 86.6 Å². The second kappa shape index (κ2) is 13.6. The molecular formula is C36H42N8O2. The number of morpholine rings is 1. The average molecular weight is 619 g/mol. The van der Waals surface area contributed by atoms with Crippen molar-refractivity contribution in [3.63, 3.8) is 0 Å². The number of nitrogens with one attached hydrogen (secondary N) is 2. The second-order valence-electron chi connectivity index (χ2n) is 12.3. The van der Waals surface area contributed by atoms with Gasteiger partial charge in [0.1, 0.15) is 11.3 Å². The van der Waals surface area contributed by atoms with E-state index in [0.29, 0.717) is 6.54 Å². The standard InChI is InChI=1S/C36H42N8O2/c1-3-44-24-32(35(40-44)28-8-10-29(11-9-28)38-34(45)25-42-16-14-41(2)15-17-42)30-12-13-37-36-31(30)22-33(39-36)27-6-4-26(5-7-27)23-43-18-20-46-21-19-43/h4-13,22,24H,3,14-21,23,25H2,1-2H3,(H,37,39)(H,38,45). The van der Waals surface area contributed by atoms with Gasteiger partial charge in [0.15, 0.2) is 0 Å². The van der Waals surface area contributed by atoms with E-state index in [1.807, 2.05) is 35.1 Å². The van der Waals surface area contributed by atoms with Gasteiger partial charge in [-0.3, -0.25) is 19.3 Å². The lowest BCUT2D eigenvalue weighted by Gasteiger charge is -2.31. The summed E-state index contributed by atoms with van der Waals surface area (Å²) >= 11 is 0. The first-order chi connectivity index (χ1) is 22.5. The normalized spacial score (nSPS) is 16.7. The maximum atomic E-state index is 12.7. The molecule has 2 saturated heterocycles. The van der Waals surface area contributed by atoms with Crippen molar-refractivity contribution in [2.45, 2.75) is 20.0 Å². The molecule has 2 aromatic carbocycles. The number of pyridine rings is 1. The Balaban J connectivity index is 1.11. The molecule has 2 aliphatic rings. The number of hydrogen-bond acceptors (Lipinski definition) is 7. The van der Waals surface area contributed by atoms with Crippen molar-refractivity contribution in [2.75, 3.05) is 71.4 Å². The van der Waals surface area contributed by atoms with Crippen LogP contribution in [0.4, 0.5) is 5.69 Å². The number of benzene rings is 2. The fourth-order valence-electron chi connectivity index (χ4n) is 6.34. The van der Waals surface area contributed by atoms with E-state index in [-0.39, 0.29) is 5.91 Å². The molecule has 2 aliphatic heterocycles. The maximum Gasteiger partial charge on any atom is 0.238 e. The third kappa shape index (κ3) is 6.75. The van der Waals surface area contributed by atoms with Gasteiger partial charge in [-0.1, -0.05) is 36.4 Å². The highest BCUT2D eigenvalue weighted by Crippen LogP contribution is 2.37. The quantitative estimate of drug-likeness (QED) is 0.245. The Morgan fingerprint density at radius 1 is 0.891 bits per heavy atom. The molecule has 10 heteroatoms. The van der Waals surface area contributed by atoms with Crippen molar-refractivity contribution < 1.29 is 9.53 Å². The monoisotopic (exact) mass is 618 g/mol. The molecule has 238 valence electrons. The summed E-state index contributed by atoms with van der Waals surface area (Å²) in [6, 6.07) is 21.1. The Bertz CT molecular complexity index is 1780. The molecule has 7 rings (SSSR count). The van der Waals surface area contributed by atoms with Crippen molar-refractivity contribution in [1.82, 2.24) is 34.4 Å². The first-order valence-corrected chi connectivity index (χ1v) is 16.3. The zero-order valence-corrected chi connectivity index (χ0v) is 26.7. The Labute approximate surface area is 270 Å². The van der Waals surface area contributed by atoms with Crippen LogP contribution in [0.5, 0.6) is 0 Å². The van der Waals surface area contributed by atoms with Crippen molar-refractivity contribution in [1.29, 1.82) is 0 Å². The molecule has 0 saturated carbocycles. The minimum Gasteiger partial charge on any atom is -0.379 e. The van der Waals surface area contributed by atoms with Crippen LogP contribution in [0, 0.1) is 0 Å². The van der Waals surface area contributed by atoms with Crippen molar-refractivity contribution in [2.24, 2.45) is 0 Å². The molecule has 0 spiro atoms. The molecule has 3 aromatic heterocycles. The van der Waals surface area contributed by atoms with Gasteiger partial charge in [0.05, 0.1) is 19.8 Å². The Hall–Kier alpha value is -4.35. The van der Waals surface area contributed by atoms with Crippen LogP contribution in [0.15, 0.2) is 73.1 Å². The van der Waals surface area contributed by atoms with E-state index in [0.717, 1.165) is 116 Å². The zero-order chi connectivity index (χ0) is 31.5. The van der Waals surface area contributed by atoms with Crippen LogP contribution in [0.25, 0.3) is 44.7 Å². The second-order valence-corrected chi connectivity index (χ2v) is 12.3. The van der Waals surface area contributed by atoms with Gasteiger partial charge >= 0.3 is 0 Å². The van der Waals surface area contributed by atoms with Gasteiger partial charge in [-0.2, -0.15) is 5.10 Å². The van der Waals surface area contributed by atoms with E-state index in [1.54, 1.807) is 0 Å². The highest BCUT2D eigenvalue weighted by atomic mass is 16.5. The zero-order valence-electron chi connectivity index (χ0n) is 26.7. The number of anilines is 1. The number of likely N-dealkylation sites (N-methyl/N-ethyl adjacent to an activating group) is 1. The van der Waals surface area contributed by atoms with E-state index in [9.17, 15) is 4.79 Å². The molecule has 5 heterocycles. The van der Waals surface area contributed by atoms with Crippen molar-refractivity contribution in [3.8, 4) is 33.6 Å². The van der Waals surface area contributed by atoms with Gasteiger partial charge in [-0.15, -0.1) is 0 Å². The highest BCUT2D eigenvalue weighted by molar-refractivity contribution is 5.99. The summed E-state index contributed by atoms with van der Waals surface area (Å²) in [5.74, 6) is 0.0161. The number of ether oxygens (including phenoxy) is 1. The third-order valence-corrected chi connectivity index (χ3v) is 9.09. The molecule has 2 N–H and O–H groups in total. The maximum absolute atomic E-state index is 12.7. The summed E-state index contributed by atoms with van der Waals surface area (Å²) in [6.45, 7) is 11.6. The SMILES string of the molecule is CCn1cc(-c2ccnc3[nH]c(-c4ccc(CN5CCOCC5)cc4)cc23)c(-c2ccc(NC(=O)CN3CCN(C)CC3)cc2)n1. The number of piperazine rings is 1. The Morgan fingerprint density at radius 3 is 2.37 bits per heavy atom. The van der Waals surface area contributed by atoms with Crippen molar-refractivity contribution >= 4 is 22.6 Å². The van der Waals surface area contributed by atoms with Crippen LogP contribution < -0.4 is 5.32 Å². The van der Waals surface area contributed by atoms with E-state index >= 15 is 0 Å². The number of aryl methyl sites for hydroxylation is 1. The number of fused-ring (bicyclic) bond motifs is 1. The van der Waals surface area contributed by atoms with E-state index < -0.39 is 0 Å². The largest absolute Gasteiger partial charge is 0.379 e. The lowest BCUT2D eigenvalue weighted by atomic mass is 10.00. The van der Waals surface area contributed by atoms with E-state index in [4.69, 9.17) is 9.84 Å². The van der Waals surface area contributed by atoms with Crippen LogP contribution in [-0.2, 0) is 22.6 Å². The minimum atomic E-state index is 0.0161. The Kier molecular flexibility index (Phi) is 8.94. The first-order valence-electron chi connectivity index (χ1n) is 16.3. The molecule has 1 amide bonds. The minimum absolute atomic E-state index is 0.0161. The fraction of sp³-hybridized carbons (Fsp3) is 0.361. The number of aromatic nitrogens is 4. The number of rotatable bonds is 9. The van der Waals surface area contributed by atoms with Crippen LogP contribution >= 0.6 is 0 Å². The summed E-state index contributed by atoms with van der Waals surface area (Å²) in [4.78, 5) is 27.9. The van der Waals surface area contributed by atoms with Crippen molar-refractivity contribution in [3.05, 3.63) is 78.6 Å². The van der Waals surface area contributed by atoms with Crippen LogP contribution in [0.2, 0.25) is 0 Å². The predicted molar refractivity (Wildman–Crippen MR) is 183 cm³/mol. The van der Waals surface area contributed by atoms with Gasteiger partial charge in [0.25, 0.3) is 0 Å². The highest BCUT2D eigenvalue weighted by Gasteiger charge is 2.19. The molecular weight excluding hydrogens is 576 g/mol. The summed E-state index contributed by atoms with van der Waals surface area (Å²) in [5.41, 5.74) is 9.13. The molecule has 46 heavy (non-hydrogen) atoms. The average Bonchev–Trinajstić information content (AvgIpc) is 3.72. The Morgan fingerprint density at radius 2 is 1.63 bits per heavy atom. The number of H-pyrrole nitrogens is 1. The number of carbonyl (C=O) groups is 1. The molecule has 0 atom stereocenters. The van der Waals surface area contributed by atoms with Crippen LogP contribution in [-0.4, -0.2) is 106 Å². The fourth-order valence-corrected chi connectivity index (χ4v) is 6.34. The molecule has 0 aliphatic carbocycles. The smallest absolute Gasteiger partial charge is 0.238 e. The molecule has 2 fully saturated rings. The molecule has 0 radical (unpaired) electrons. The van der Waals surface area contributed by atoms with Gasteiger partial charge in [0.2, 0.25) is 5.91 Å². The number of carbonyl (C=O) groups excluding carboxylic acids is 1.